The number of rotatable bonds is 3. The fraction of sp³-hybridized carbons (Fsp3) is 0.250. The van der Waals surface area contributed by atoms with Crippen molar-refractivity contribution in [3.8, 4) is 11.5 Å². The van der Waals surface area contributed by atoms with Crippen LogP contribution < -0.4 is 4.74 Å². The van der Waals surface area contributed by atoms with Gasteiger partial charge in [-0.2, -0.15) is 0 Å². The Kier molecular flexibility index (Phi) is 4.27. The maximum atomic E-state index is 9.55. The summed E-state index contributed by atoms with van der Waals surface area (Å²) in [5, 5.41) is 9.55. The third kappa shape index (κ3) is 3.17. The molecule has 19 heavy (non-hydrogen) atoms. The first kappa shape index (κ1) is 14.1. The van der Waals surface area contributed by atoms with Gasteiger partial charge in [0.2, 0.25) is 0 Å². The topological polar surface area (TPSA) is 29.5 Å². The summed E-state index contributed by atoms with van der Waals surface area (Å²) in [6.45, 7) is 5.85. The van der Waals surface area contributed by atoms with Gasteiger partial charge in [-0.15, -0.1) is 0 Å². The summed E-state index contributed by atoms with van der Waals surface area (Å²) in [6.07, 6.45) is -0.481. The van der Waals surface area contributed by atoms with Crippen molar-refractivity contribution in [2.75, 3.05) is 0 Å². The number of aliphatic hydroxyl groups excluding tert-OH is 1. The molecule has 2 aromatic rings. The van der Waals surface area contributed by atoms with Crippen LogP contribution in [0, 0.1) is 13.8 Å². The molecule has 2 rings (SSSR count). The normalized spacial score (nSPS) is 12.3. The molecule has 3 heteroatoms. The van der Waals surface area contributed by atoms with Crippen molar-refractivity contribution in [1.29, 1.82) is 0 Å². The second-order valence-corrected chi connectivity index (χ2v) is 5.52. The van der Waals surface area contributed by atoms with Crippen molar-refractivity contribution >= 4 is 15.9 Å². The summed E-state index contributed by atoms with van der Waals surface area (Å²) in [7, 11) is 0. The Morgan fingerprint density at radius 1 is 1.11 bits per heavy atom. The number of hydrogen-bond acceptors (Lipinski definition) is 2. The van der Waals surface area contributed by atoms with Crippen LogP contribution in [0.15, 0.2) is 40.9 Å². The minimum Gasteiger partial charge on any atom is -0.456 e. The quantitative estimate of drug-likeness (QED) is 0.870. The van der Waals surface area contributed by atoms with Gasteiger partial charge in [0.15, 0.2) is 0 Å². The van der Waals surface area contributed by atoms with Crippen LogP contribution in [-0.2, 0) is 0 Å². The third-order valence-corrected chi connectivity index (χ3v) is 3.83. The molecule has 100 valence electrons. The van der Waals surface area contributed by atoms with Crippen LogP contribution in [0.5, 0.6) is 11.5 Å². The largest absolute Gasteiger partial charge is 0.456 e. The smallest absolute Gasteiger partial charge is 0.141 e. The van der Waals surface area contributed by atoms with E-state index in [0.29, 0.717) is 0 Å². The minimum atomic E-state index is -0.481. The summed E-state index contributed by atoms with van der Waals surface area (Å²) >= 11 is 3.48. The molecule has 0 saturated heterocycles. The molecule has 0 saturated carbocycles. The average Bonchev–Trinajstić information content (AvgIpc) is 2.37. The van der Waals surface area contributed by atoms with Crippen molar-refractivity contribution in [1.82, 2.24) is 0 Å². The number of aliphatic hydroxyl groups is 1. The molecule has 0 spiro atoms. The van der Waals surface area contributed by atoms with E-state index in [4.69, 9.17) is 4.74 Å². The van der Waals surface area contributed by atoms with E-state index >= 15 is 0 Å². The molecule has 0 fully saturated rings. The zero-order valence-electron chi connectivity index (χ0n) is 11.3. The highest BCUT2D eigenvalue weighted by atomic mass is 79.9. The molecule has 0 aromatic heterocycles. The lowest BCUT2D eigenvalue weighted by Gasteiger charge is -2.13. The second kappa shape index (κ2) is 5.76. The second-order valence-electron chi connectivity index (χ2n) is 4.67. The van der Waals surface area contributed by atoms with Crippen molar-refractivity contribution < 1.29 is 9.84 Å². The molecule has 0 bridgehead atoms. The average molecular weight is 321 g/mol. The van der Waals surface area contributed by atoms with Gasteiger partial charge in [0.05, 0.1) is 10.6 Å². The van der Waals surface area contributed by atoms with E-state index in [1.165, 1.54) is 5.56 Å². The van der Waals surface area contributed by atoms with Crippen molar-refractivity contribution in [3.63, 3.8) is 0 Å². The first-order chi connectivity index (χ1) is 8.99. The maximum Gasteiger partial charge on any atom is 0.141 e. The SMILES string of the molecule is Cc1cccc(Oc2ccc(C(C)O)cc2Br)c1C. The molecule has 0 amide bonds. The maximum absolute atomic E-state index is 9.55. The van der Waals surface area contributed by atoms with E-state index in [9.17, 15) is 5.11 Å². The van der Waals surface area contributed by atoms with Crippen molar-refractivity contribution in [3.05, 3.63) is 57.6 Å². The highest BCUT2D eigenvalue weighted by Crippen LogP contribution is 2.33. The molecular weight excluding hydrogens is 304 g/mol. The summed E-state index contributed by atoms with van der Waals surface area (Å²) < 4.78 is 6.77. The van der Waals surface area contributed by atoms with Crippen LogP contribution in [0.3, 0.4) is 0 Å². The molecule has 2 aromatic carbocycles. The van der Waals surface area contributed by atoms with Gasteiger partial charge in [0.25, 0.3) is 0 Å². The third-order valence-electron chi connectivity index (χ3n) is 3.21. The van der Waals surface area contributed by atoms with Gasteiger partial charge in [-0.05, 0) is 71.6 Å². The van der Waals surface area contributed by atoms with Crippen LogP contribution in [0.4, 0.5) is 0 Å². The fourth-order valence-corrected chi connectivity index (χ4v) is 2.29. The summed E-state index contributed by atoms with van der Waals surface area (Å²) in [5.41, 5.74) is 3.20. The molecule has 1 N–H and O–H groups in total. The summed E-state index contributed by atoms with van der Waals surface area (Å²) in [6, 6.07) is 11.6. The molecular formula is C16H17BrO2. The molecule has 1 atom stereocenters. The molecule has 1 unspecified atom stereocenters. The molecule has 0 aliphatic carbocycles. The van der Waals surface area contributed by atoms with Gasteiger partial charge >= 0.3 is 0 Å². The molecule has 0 heterocycles. The standard InChI is InChI=1S/C16H17BrO2/c1-10-5-4-6-15(11(10)2)19-16-8-7-13(12(3)18)9-14(16)17/h4-9,12,18H,1-3H3. The Bertz CT molecular complexity index is 591. The van der Waals surface area contributed by atoms with E-state index < -0.39 is 6.10 Å². The first-order valence-corrected chi connectivity index (χ1v) is 7.00. The summed E-state index contributed by atoms with van der Waals surface area (Å²) in [4.78, 5) is 0. The van der Waals surface area contributed by atoms with Crippen LogP contribution >= 0.6 is 15.9 Å². The van der Waals surface area contributed by atoms with Gasteiger partial charge in [-0.1, -0.05) is 18.2 Å². The zero-order chi connectivity index (χ0) is 14.0. The first-order valence-electron chi connectivity index (χ1n) is 6.20. The monoisotopic (exact) mass is 320 g/mol. The predicted molar refractivity (Wildman–Crippen MR) is 80.8 cm³/mol. The lowest BCUT2D eigenvalue weighted by Crippen LogP contribution is -1.94. The highest BCUT2D eigenvalue weighted by molar-refractivity contribution is 9.10. The molecule has 0 aliphatic rings. The Balaban J connectivity index is 2.31. The van der Waals surface area contributed by atoms with Crippen molar-refractivity contribution in [2.24, 2.45) is 0 Å². The summed E-state index contributed by atoms with van der Waals surface area (Å²) in [5.74, 6) is 1.60. The number of benzene rings is 2. The Labute approximate surface area is 122 Å². The van der Waals surface area contributed by atoms with Crippen LogP contribution in [0.25, 0.3) is 0 Å². The number of halogens is 1. The van der Waals surface area contributed by atoms with Crippen LogP contribution in [0.2, 0.25) is 0 Å². The van der Waals surface area contributed by atoms with Crippen molar-refractivity contribution in [2.45, 2.75) is 26.9 Å². The lowest BCUT2D eigenvalue weighted by atomic mass is 10.1. The number of hydrogen-bond donors (Lipinski definition) is 1. The van der Waals surface area contributed by atoms with E-state index in [-0.39, 0.29) is 0 Å². The Morgan fingerprint density at radius 2 is 1.84 bits per heavy atom. The Morgan fingerprint density at radius 3 is 2.47 bits per heavy atom. The predicted octanol–water partition coefficient (Wildman–Crippen LogP) is 4.91. The highest BCUT2D eigenvalue weighted by Gasteiger charge is 2.09. The van der Waals surface area contributed by atoms with Gasteiger partial charge < -0.3 is 9.84 Å². The van der Waals surface area contributed by atoms with E-state index in [1.54, 1.807) is 6.92 Å². The fourth-order valence-electron chi connectivity index (χ4n) is 1.81. The lowest BCUT2D eigenvalue weighted by molar-refractivity contribution is 0.199. The molecule has 0 radical (unpaired) electrons. The van der Waals surface area contributed by atoms with Crippen LogP contribution in [0.1, 0.15) is 29.7 Å². The number of aryl methyl sites for hydroxylation is 1. The van der Waals surface area contributed by atoms with E-state index in [0.717, 1.165) is 27.1 Å². The van der Waals surface area contributed by atoms with E-state index in [1.807, 2.05) is 37.3 Å². The molecule has 2 nitrogen and oxygen atoms in total. The van der Waals surface area contributed by atoms with Gasteiger partial charge in [0, 0.05) is 0 Å². The minimum absolute atomic E-state index is 0.481. The van der Waals surface area contributed by atoms with Crippen LogP contribution in [-0.4, -0.2) is 5.11 Å². The zero-order valence-corrected chi connectivity index (χ0v) is 12.9. The van der Waals surface area contributed by atoms with Gasteiger partial charge in [0.1, 0.15) is 11.5 Å². The van der Waals surface area contributed by atoms with E-state index in [2.05, 4.69) is 28.9 Å². The molecule has 0 aliphatic heterocycles. The van der Waals surface area contributed by atoms with Gasteiger partial charge in [-0.25, -0.2) is 0 Å². The van der Waals surface area contributed by atoms with Gasteiger partial charge in [-0.3, -0.25) is 0 Å². The number of ether oxygens (including phenoxy) is 1. The Hall–Kier alpha value is -1.32.